The van der Waals surface area contributed by atoms with Crippen molar-refractivity contribution in [3.8, 4) is 12.1 Å². The van der Waals surface area contributed by atoms with Crippen LogP contribution in [0.2, 0.25) is 0 Å². The number of aryl methyl sites for hydroxylation is 1. The third-order valence-electron chi connectivity index (χ3n) is 2.21. The molecular weight excluding hydrogens is 228 g/mol. The number of halogens is 2. The van der Waals surface area contributed by atoms with E-state index < -0.39 is 6.43 Å². The summed E-state index contributed by atoms with van der Waals surface area (Å²) in [7, 11) is 0. The van der Waals surface area contributed by atoms with Crippen molar-refractivity contribution in [2.45, 2.75) is 38.7 Å². The molecule has 17 heavy (non-hydrogen) atoms. The highest BCUT2D eigenvalue weighted by atomic mass is 19.3. The summed E-state index contributed by atoms with van der Waals surface area (Å²) in [6, 6.07) is 3.76. The van der Waals surface area contributed by atoms with Crippen LogP contribution in [0.5, 0.6) is 0 Å². The molecule has 0 saturated heterocycles. The van der Waals surface area contributed by atoms with Gasteiger partial charge in [0.2, 0.25) is 0 Å². The average molecular weight is 239 g/mol. The van der Waals surface area contributed by atoms with Crippen molar-refractivity contribution in [1.29, 1.82) is 10.5 Å². The number of nitriles is 2. The highest BCUT2D eigenvalue weighted by Gasteiger charge is 2.21. The summed E-state index contributed by atoms with van der Waals surface area (Å²) in [6.45, 7) is 0.291. The minimum atomic E-state index is -2.69. The van der Waals surface area contributed by atoms with Crippen molar-refractivity contribution in [2.24, 2.45) is 0 Å². The van der Waals surface area contributed by atoms with E-state index in [0.29, 0.717) is 25.8 Å². The lowest BCUT2D eigenvalue weighted by atomic mass is 10.2. The zero-order valence-corrected chi connectivity index (χ0v) is 9.10. The molecule has 0 atom stereocenters. The predicted octanol–water partition coefficient (Wildman–Crippen LogP) is 1.98. The van der Waals surface area contributed by atoms with Crippen LogP contribution in [0.1, 0.15) is 37.1 Å². The van der Waals surface area contributed by atoms with E-state index in [-0.39, 0.29) is 17.8 Å². The van der Waals surface area contributed by atoms with Crippen LogP contribution >= 0.6 is 0 Å². The molecule has 1 rings (SSSR count). The first-order chi connectivity index (χ1) is 8.20. The quantitative estimate of drug-likeness (QED) is 0.711. The number of aromatic nitrogens is 3. The molecule has 0 fully saturated rings. The summed E-state index contributed by atoms with van der Waals surface area (Å²) in [5.74, 6) is 0. The van der Waals surface area contributed by atoms with Gasteiger partial charge in [-0.25, -0.2) is 13.5 Å². The highest BCUT2D eigenvalue weighted by molar-refractivity contribution is 5.15. The fourth-order valence-corrected chi connectivity index (χ4v) is 1.43. The van der Waals surface area contributed by atoms with E-state index in [1.807, 2.05) is 6.07 Å². The van der Waals surface area contributed by atoms with Crippen molar-refractivity contribution in [3.05, 3.63) is 11.4 Å². The van der Waals surface area contributed by atoms with Crippen LogP contribution in [-0.2, 0) is 13.0 Å². The zero-order chi connectivity index (χ0) is 12.7. The van der Waals surface area contributed by atoms with Crippen LogP contribution < -0.4 is 0 Å². The lowest BCUT2D eigenvalue weighted by molar-refractivity contribution is 0.137. The van der Waals surface area contributed by atoms with Gasteiger partial charge in [-0.1, -0.05) is 5.21 Å². The summed E-state index contributed by atoms with van der Waals surface area (Å²) in [5.41, 5.74) is -0.258. The summed E-state index contributed by atoms with van der Waals surface area (Å²) >= 11 is 0. The van der Waals surface area contributed by atoms with E-state index in [2.05, 4.69) is 10.3 Å². The van der Waals surface area contributed by atoms with E-state index in [1.54, 1.807) is 6.07 Å². The number of alkyl halides is 2. The molecule has 0 saturated carbocycles. The van der Waals surface area contributed by atoms with Gasteiger partial charge in [0, 0.05) is 13.0 Å². The molecule has 0 aliphatic carbocycles. The molecule has 0 unspecified atom stereocenters. The minimum absolute atomic E-state index is 0.0304. The third-order valence-corrected chi connectivity index (χ3v) is 2.21. The molecule has 1 heterocycles. The van der Waals surface area contributed by atoms with E-state index >= 15 is 0 Å². The summed E-state index contributed by atoms with van der Waals surface area (Å²) in [5, 5.41) is 24.0. The molecule has 0 aromatic carbocycles. The molecule has 5 nitrogen and oxygen atoms in total. The number of unbranched alkanes of at least 4 members (excludes halogenated alkanes) is 2. The van der Waals surface area contributed by atoms with Crippen molar-refractivity contribution >= 4 is 0 Å². The Hall–Kier alpha value is -2.02. The molecule has 0 spiro atoms. The van der Waals surface area contributed by atoms with Gasteiger partial charge in [-0.3, -0.25) is 0 Å². The molecule has 0 aliphatic rings. The van der Waals surface area contributed by atoms with Crippen molar-refractivity contribution in [2.75, 3.05) is 0 Å². The first-order valence-electron chi connectivity index (χ1n) is 5.15. The summed E-state index contributed by atoms with van der Waals surface area (Å²) in [4.78, 5) is 0. The standard InChI is InChI=1S/C10H11F2N5/c11-10(12)9-8(4-6-14)15-16-17(9)7-3-1-2-5-13/h10H,1-4,7H2. The Morgan fingerprint density at radius 1 is 1.24 bits per heavy atom. The lowest BCUT2D eigenvalue weighted by Gasteiger charge is -2.05. The molecule has 7 heteroatoms. The number of hydrogen-bond donors (Lipinski definition) is 0. The van der Waals surface area contributed by atoms with Gasteiger partial charge in [0.05, 0.1) is 18.6 Å². The lowest BCUT2D eigenvalue weighted by Crippen LogP contribution is -2.07. The second-order valence-electron chi connectivity index (χ2n) is 3.40. The van der Waals surface area contributed by atoms with E-state index in [4.69, 9.17) is 10.5 Å². The Balaban J connectivity index is 2.72. The molecule has 0 bridgehead atoms. The van der Waals surface area contributed by atoms with Gasteiger partial charge in [0.15, 0.2) is 0 Å². The van der Waals surface area contributed by atoms with Crippen LogP contribution in [0.3, 0.4) is 0 Å². The van der Waals surface area contributed by atoms with Crippen molar-refractivity contribution in [1.82, 2.24) is 15.0 Å². The van der Waals surface area contributed by atoms with Crippen molar-refractivity contribution < 1.29 is 8.78 Å². The minimum Gasteiger partial charge on any atom is -0.243 e. The zero-order valence-electron chi connectivity index (χ0n) is 9.10. The maximum Gasteiger partial charge on any atom is 0.281 e. The van der Waals surface area contributed by atoms with Gasteiger partial charge >= 0.3 is 0 Å². The fourth-order valence-electron chi connectivity index (χ4n) is 1.43. The number of rotatable bonds is 6. The fraction of sp³-hybridized carbons (Fsp3) is 0.600. The first-order valence-corrected chi connectivity index (χ1v) is 5.15. The van der Waals surface area contributed by atoms with Crippen LogP contribution in [0, 0.1) is 22.7 Å². The van der Waals surface area contributed by atoms with E-state index in [1.165, 1.54) is 0 Å². The Morgan fingerprint density at radius 3 is 2.59 bits per heavy atom. The van der Waals surface area contributed by atoms with Gasteiger partial charge in [-0.2, -0.15) is 10.5 Å². The number of nitrogens with zero attached hydrogens (tertiary/aromatic N) is 5. The average Bonchev–Trinajstić information content (AvgIpc) is 2.68. The van der Waals surface area contributed by atoms with Gasteiger partial charge < -0.3 is 0 Å². The predicted molar refractivity (Wildman–Crippen MR) is 53.8 cm³/mol. The monoisotopic (exact) mass is 239 g/mol. The first kappa shape index (κ1) is 13.0. The van der Waals surface area contributed by atoms with Gasteiger partial charge in [0.1, 0.15) is 11.4 Å². The van der Waals surface area contributed by atoms with Gasteiger partial charge in [0.25, 0.3) is 6.43 Å². The normalized spacial score (nSPS) is 10.2. The molecule has 0 aliphatic heterocycles. The Labute approximate surface area is 97.3 Å². The third kappa shape index (κ3) is 3.49. The second kappa shape index (κ2) is 6.54. The summed E-state index contributed by atoms with van der Waals surface area (Å²) in [6.07, 6.45) is -1.25. The Kier molecular flexibility index (Phi) is 5.02. The van der Waals surface area contributed by atoms with Crippen molar-refractivity contribution in [3.63, 3.8) is 0 Å². The van der Waals surface area contributed by atoms with Crippen LogP contribution in [-0.4, -0.2) is 15.0 Å². The number of hydrogen-bond acceptors (Lipinski definition) is 4. The van der Waals surface area contributed by atoms with E-state index in [9.17, 15) is 8.78 Å². The Morgan fingerprint density at radius 2 is 2.00 bits per heavy atom. The largest absolute Gasteiger partial charge is 0.281 e. The molecule has 1 aromatic heterocycles. The van der Waals surface area contributed by atoms with E-state index in [0.717, 1.165) is 4.68 Å². The SMILES string of the molecule is N#CCCCCn1nnc(CC#N)c1C(F)F. The highest BCUT2D eigenvalue weighted by Crippen LogP contribution is 2.22. The second-order valence-corrected chi connectivity index (χ2v) is 3.40. The van der Waals surface area contributed by atoms with Crippen LogP contribution in [0.15, 0.2) is 0 Å². The Bertz CT molecular complexity index is 441. The molecular formula is C10H11F2N5. The molecule has 0 N–H and O–H groups in total. The molecule has 0 amide bonds. The summed E-state index contributed by atoms with van der Waals surface area (Å²) < 4.78 is 26.6. The topological polar surface area (TPSA) is 78.3 Å². The molecule has 1 aromatic rings. The van der Waals surface area contributed by atoms with Crippen LogP contribution in [0.4, 0.5) is 8.78 Å². The van der Waals surface area contributed by atoms with Gasteiger partial charge in [-0.15, -0.1) is 5.10 Å². The maximum absolute atomic E-state index is 12.8. The molecule has 0 radical (unpaired) electrons. The smallest absolute Gasteiger partial charge is 0.243 e. The van der Waals surface area contributed by atoms with Gasteiger partial charge in [-0.05, 0) is 12.8 Å². The van der Waals surface area contributed by atoms with Crippen LogP contribution in [0.25, 0.3) is 0 Å². The maximum atomic E-state index is 12.8. The molecule has 90 valence electrons.